The number of aliphatic hydroxyl groups excluding tert-OH is 1. The Hall–Kier alpha value is -4.66. The molecule has 36 heavy (non-hydrogen) atoms. The molecular formula is C27H23NO8. The van der Waals surface area contributed by atoms with Crippen molar-refractivity contribution in [2.45, 2.75) is 6.04 Å². The van der Waals surface area contributed by atoms with Gasteiger partial charge in [-0.2, -0.15) is 0 Å². The van der Waals surface area contributed by atoms with Crippen molar-refractivity contribution < 1.29 is 38.4 Å². The van der Waals surface area contributed by atoms with E-state index >= 15 is 0 Å². The first-order valence-electron chi connectivity index (χ1n) is 11.0. The summed E-state index contributed by atoms with van der Waals surface area (Å²) in [5.41, 5.74) is 1.21. The predicted molar refractivity (Wildman–Crippen MR) is 130 cm³/mol. The van der Waals surface area contributed by atoms with Crippen molar-refractivity contribution >= 4 is 23.1 Å². The SMILES string of the molecule is COc1cccc(/C(O)=C2\C(=O)C(=O)N(c3ccc4c(c3)OCO4)C2c2ccc(OC)c(OC)c2)c1. The summed E-state index contributed by atoms with van der Waals surface area (Å²) in [7, 11) is 4.51. The zero-order valence-electron chi connectivity index (χ0n) is 19.8. The third-order valence-corrected chi connectivity index (χ3v) is 6.15. The molecule has 9 heteroatoms. The molecule has 0 aliphatic carbocycles. The maximum Gasteiger partial charge on any atom is 0.300 e. The van der Waals surface area contributed by atoms with Crippen LogP contribution in [0.3, 0.4) is 0 Å². The van der Waals surface area contributed by atoms with E-state index in [0.717, 1.165) is 0 Å². The topological polar surface area (TPSA) is 104 Å². The van der Waals surface area contributed by atoms with E-state index in [-0.39, 0.29) is 18.1 Å². The quantitative estimate of drug-likeness (QED) is 0.314. The first kappa shape index (κ1) is 23.1. The van der Waals surface area contributed by atoms with Crippen molar-refractivity contribution in [3.8, 4) is 28.7 Å². The third kappa shape index (κ3) is 3.74. The highest BCUT2D eigenvalue weighted by atomic mass is 16.7. The summed E-state index contributed by atoms with van der Waals surface area (Å²) >= 11 is 0. The molecule has 1 amide bonds. The number of rotatable bonds is 6. The number of hydrogen-bond acceptors (Lipinski definition) is 8. The lowest BCUT2D eigenvalue weighted by Gasteiger charge is -2.26. The first-order chi connectivity index (χ1) is 17.5. The normalized spacial score (nSPS) is 17.9. The average Bonchev–Trinajstić information content (AvgIpc) is 3.49. The van der Waals surface area contributed by atoms with E-state index in [2.05, 4.69) is 0 Å². The molecule has 2 aliphatic heterocycles. The summed E-state index contributed by atoms with van der Waals surface area (Å²) in [5, 5.41) is 11.3. The number of ketones is 1. The van der Waals surface area contributed by atoms with Gasteiger partial charge in [0.05, 0.1) is 32.9 Å². The Morgan fingerprint density at radius 3 is 2.42 bits per heavy atom. The van der Waals surface area contributed by atoms with Crippen LogP contribution in [0.5, 0.6) is 28.7 Å². The van der Waals surface area contributed by atoms with Gasteiger partial charge in [0.2, 0.25) is 6.79 Å². The summed E-state index contributed by atoms with van der Waals surface area (Å²) in [6.45, 7) is 0.0621. The molecule has 184 valence electrons. The smallest absolute Gasteiger partial charge is 0.300 e. The zero-order valence-corrected chi connectivity index (χ0v) is 19.8. The van der Waals surface area contributed by atoms with Crippen LogP contribution in [0.15, 0.2) is 66.2 Å². The standard InChI is InChI=1S/C27H23NO8/c1-32-18-6-4-5-16(11-18)25(29)23-24(15-7-9-19(33-2)21(12-15)34-3)28(27(31)26(23)30)17-8-10-20-22(13-17)36-14-35-20/h4-13,24,29H,14H2,1-3H3/b25-23+. The molecule has 2 heterocycles. The highest BCUT2D eigenvalue weighted by Crippen LogP contribution is 2.46. The lowest BCUT2D eigenvalue weighted by Crippen LogP contribution is -2.29. The molecule has 3 aromatic rings. The second-order valence-electron chi connectivity index (χ2n) is 8.05. The van der Waals surface area contributed by atoms with Crippen LogP contribution in [0, 0.1) is 0 Å². The van der Waals surface area contributed by atoms with E-state index < -0.39 is 17.7 Å². The molecule has 1 N–H and O–H groups in total. The van der Waals surface area contributed by atoms with Crippen LogP contribution in [-0.2, 0) is 9.59 Å². The van der Waals surface area contributed by atoms with Crippen molar-refractivity contribution in [2.24, 2.45) is 0 Å². The van der Waals surface area contributed by atoms with Gasteiger partial charge in [0.15, 0.2) is 23.0 Å². The first-order valence-corrected chi connectivity index (χ1v) is 11.0. The number of fused-ring (bicyclic) bond motifs is 1. The fourth-order valence-corrected chi connectivity index (χ4v) is 4.40. The Kier molecular flexibility index (Phi) is 5.89. The van der Waals surface area contributed by atoms with Gasteiger partial charge in [-0.15, -0.1) is 0 Å². The molecule has 1 atom stereocenters. The fraction of sp³-hybridized carbons (Fsp3) is 0.185. The van der Waals surface area contributed by atoms with Gasteiger partial charge in [0.1, 0.15) is 11.5 Å². The van der Waals surface area contributed by atoms with Crippen LogP contribution in [0.1, 0.15) is 17.2 Å². The summed E-state index contributed by atoms with van der Waals surface area (Å²) in [6.07, 6.45) is 0. The monoisotopic (exact) mass is 489 g/mol. The van der Waals surface area contributed by atoms with Gasteiger partial charge in [0.25, 0.3) is 11.7 Å². The molecule has 1 fully saturated rings. The van der Waals surface area contributed by atoms with Gasteiger partial charge >= 0.3 is 0 Å². The van der Waals surface area contributed by atoms with Crippen LogP contribution in [0.4, 0.5) is 5.69 Å². The minimum absolute atomic E-state index is 0.0621. The summed E-state index contributed by atoms with van der Waals surface area (Å²) in [5.74, 6) is 0.428. The van der Waals surface area contributed by atoms with E-state index in [1.807, 2.05) is 0 Å². The van der Waals surface area contributed by atoms with Crippen LogP contribution in [0.25, 0.3) is 5.76 Å². The van der Waals surface area contributed by atoms with Gasteiger partial charge in [-0.05, 0) is 42.0 Å². The van der Waals surface area contributed by atoms with Crippen molar-refractivity contribution in [1.29, 1.82) is 0 Å². The Labute approximate surface area is 207 Å². The number of carbonyl (C=O) groups is 2. The Bertz CT molecular complexity index is 1400. The number of methoxy groups -OCH3 is 3. The van der Waals surface area contributed by atoms with Crippen molar-refractivity contribution in [1.82, 2.24) is 0 Å². The Balaban J connectivity index is 1.72. The minimum Gasteiger partial charge on any atom is -0.507 e. The fourth-order valence-electron chi connectivity index (χ4n) is 4.40. The number of ether oxygens (including phenoxy) is 5. The minimum atomic E-state index is -0.962. The van der Waals surface area contributed by atoms with Crippen LogP contribution >= 0.6 is 0 Å². The molecular weight excluding hydrogens is 466 g/mol. The van der Waals surface area contributed by atoms with Crippen LogP contribution < -0.4 is 28.6 Å². The van der Waals surface area contributed by atoms with E-state index in [9.17, 15) is 14.7 Å². The van der Waals surface area contributed by atoms with E-state index in [1.54, 1.807) is 60.7 Å². The molecule has 3 aromatic carbocycles. The lowest BCUT2D eigenvalue weighted by atomic mass is 9.94. The van der Waals surface area contributed by atoms with Gasteiger partial charge in [-0.1, -0.05) is 18.2 Å². The molecule has 9 nitrogen and oxygen atoms in total. The Morgan fingerprint density at radius 2 is 1.67 bits per heavy atom. The zero-order chi connectivity index (χ0) is 25.4. The predicted octanol–water partition coefficient (Wildman–Crippen LogP) is 4.07. The average molecular weight is 489 g/mol. The van der Waals surface area contributed by atoms with Crippen molar-refractivity contribution in [2.75, 3.05) is 33.0 Å². The Morgan fingerprint density at radius 1 is 0.889 bits per heavy atom. The number of carbonyl (C=O) groups excluding carboxylic acids is 2. The molecule has 0 bridgehead atoms. The molecule has 5 rings (SSSR count). The molecule has 0 radical (unpaired) electrons. The largest absolute Gasteiger partial charge is 0.507 e. The molecule has 1 saturated heterocycles. The van der Waals surface area contributed by atoms with Crippen molar-refractivity contribution in [3.63, 3.8) is 0 Å². The molecule has 0 saturated carbocycles. The van der Waals surface area contributed by atoms with E-state index in [1.165, 1.54) is 26.2 Å². The number of benzene rings is 3. The number of amides is 1. The number of aliphatic hydroxyl groups is 1. The summed E-state index contributed by atoms with van der Waals surface area (Å²) in [4.78, 5) is 28.1. The van der Waals surface area contributed by atoms with Crippen LogP contribution in [0.2, 0.25) is 0 Å². The van der Waals surface area contributed by atoms with Gasteiger partial charge in [0, 0.05) is 17.3 Å². The van der Waals surface area contributed by atoms with E-state index in [4.69, 9.17) is 23.7 Å². The van der Waals surface area contributed by atoms with Crippen LogP contribution in [-0.4, -0.2) is 44.9 Å². The highest BCUT2D eigenvalue weighted by Gasteiger charge is 2.47. The molecule has 2 aliphatic rings. The molecule has 0 aromatic heterocycles. The number of anilines is 1. The molecule has 1 unspecified atom stereocenters. The summed E-state index contributed by atoms with van der Waals surface area (Å²) in [6, 6.07) is 15.7. The second kappa shape index (κ2) is 9.18. The maximum atomic E-state index is 13.4. The number of hydrogen-bond donors (Lipinski definition) is 1. The lowest BCUT2D eigenvalue weighted by molar-refractivity contribution is -0.132. The second-order valence-corrected chi connectivity index (χ2v) is 8.05. The highest BCUT2D eigenvalue weighted by molar-refractivity contribution is 6.51. The van der Waals surface area contributed by atoms with Gasteiger partial charge in [-0.3, -0.25) is 14.5 Å². The van der Waals surface area contributed by atoms with E-state index in [0.29, 0.717) is 45.6 Å². The third-order valence-electron chi connectivity index (χ3n) is 6.15. The van der Waals surface area contributed by atoms with Crippen molar-refractivity contribution in [3.05, 3.63) is 77.4 Å². The van der Waals surface area contributed by atoms with Gasteiger partial charge in [-0.25, -0.2) is 0 Å². The van der Waals surface area contributed by atoms with Gasteiger partial charge < -0.3 is 28.8 Å². The number of Topliss-reactive ketones (excluding diaryl/α,β-unsaturated/α-hetero) is 1. The number of nitrogens with zero attached hydrogens (tertiary/aromatic N) is 1. The summed E-state index contributed by atoms with van der Waals surface area (Å²) < 4.78 is 26.9. The maximum absolute atomic E-state index is 13.4. The molecule has 0 spiro atoms.